The van der Waals surface area contributed by atoms with Crippen molar-refractivity contribution in [1.29, 1.82) is 0 Å². The van der Waals surface area contributed by atoms with Crippen LogP contribution < -0.4 is 10.6 Å². The van der Waals surface area contributed by atoms with E-state index in [-0.39, 0.29) is 12.1 Å². The van der Waals surface area contributed by atoms with Crippen molar-refractivity contribution in [2.24, 2.45) is 0 Å². The maximum atomic E-state index is 10.2. The topological polar surface area (TPSA) is 263 Å². The van der Waals surface area contributed by atoms with E-state index in [0.717, 1.165) is 38.8 Å². The molecule has 0 bridgehead atoms. The van der Waals surface area contributed by atoms with Crippen molar-refractivity contribution < 1.29 is 93.7 Å². The summed E-state index contributed by atoms with van der Waals surface area (Å²) in [5.74, 6) is -1.33. The molecule has 17 heteroatoms. The number of carboxylic acid groups (broad SMARTS) is 2. The molecule has 2 aliphatic heterocycles. The van der Waals surface area contributed by atoms with Crippen molar-refractivity contribution in [3.63, 3.8) is 0 Å². The Morgan fingerprint density at radius 2 is 1.00 bits per heavy atom. The quantitative estimate of drug-likeness (QED) is 0.138. The molecule has 2 rings (SSSR count). The van der Waals surface area contributed by atoms with Gasteiger partial charge in [0.05, 0.1) is 13.1 Å². The summed E-state index contributed by atoms with van der Waals surface area (Å²) in [6.45, 7) is 1.97. The molecule has 2 fully saturated rings. The zero-order chi connectivity index (χ0) is 21.8. The number of quaternary nitrogens is 2. The molecule has 0 radical (unpaired) electrons. The molecule has 2 heterocycles. The SMILES string of the molecule is O=C(O)C1CCC[NH2+]1.O=C(O)C1CCC[NH2+]1.O=[N+](O)O.O=[N+](O)O.[O]=[U]=[O]. The predicted molar refractivity (Wildman–Crippen MR) is 70.7 cm³/mol. The maximum absolute atomic E-state index is 10.2. The second kappa shape index (κ2) is 20.2. The Labute approximate surface area is 166 Å². The first kappa shape index (κ1) is 29.7. The van der Waals surface area contributed by atoms with Gasteiger partial charge in [-0.25, -0.2) is 30.4 Å². The first-order chi connectivity index (χ1) is 12.5. The van der Waals surface area contributed by atoms with Crippen LogP contribution >= 0.6 is 0 Å². The summed E-state index contributed by atoms with van der Waals surface area (Å²) >= 11 is -2.51. The summed E-state index contributed by atoms with van der Waals surface area (Å²) in [5.41, 5.74) is 0. The number of nitrogens with two attached hydrogens (primary N) is 2. The average molecular weight is 630 g/mol. The van der Waals surface area contributed by atoms with E-state index < -0.39 is 49.9 Å². The minimum atomic E-state index is -2.51. The fraction of sp³-hybridized carbons (Fsp3) is 0.800. The third kappa shape index (κ3) is 29.0. The third-order valence-corrected chi connectivity index (χ3v) is 2.98. The molecular formula is C10H24N4O12U+4. The molecule has 0 amide bonds. The van der Waals surface area contributed by atoms with Gasteiger partial charge in [0.2, 0.25) is 0 Å². The molecule has 16 nitrogen and oxygen atoms in total. The molecule has 0 aromatic heterocycles. The van der Waals surface area contributed by atoms with Crippen molar-refractivity contribution in [1.82, 2.24) is 0 Å². The first-order valence-corrected chi connectivity index (χ1v) is 10.7. The van der Waals surface area contributed by atoms with Gasteiger partial charge in [0.15, 0.2) is 12.1 Å². The Morgan fingerprint density at radius 3 is 1.07 bits per heavy atom. The van der Waals surface area contributed by atoms with E-state index in [4.69, 9.17) is 45.3 Å². The Bertz CT molecular complexity index is 441. The van der Waals surface area contributed by atoms with Crippen molar-refractivity contribution in [3.05, 3.63) is 9.81 Å². The fourth-order valence-corrected chi connectivity index (χ4v) is 2.00. The molecule has 2 saturated heterocycles. The van der Waals surface area contributed by atoms with Gasteiger partial charge < -0.3 is 20.8 Å². The van der Waals surface area contributed by atoms with E-state index in [1.165, 1.54) is 0 Å². The van der Waals surface area contributed by atoms with E-state index >= 15 is 0 Å². The van der Waals surface area contributed by atoms with Crippen molar-refractivity contribution in [3.8, 4) is 0 Å². The normalized spacial score (nSPS) is 18.8. The van der Waals surface area contributed by atoms with Crippen LogP contribution in [-0.4, -0.2) is 78.3 Å². The number of hydrogen-bond acceptors (Lipinski definition) is 6. The standard InChI is InChI=1S/2C5H9NO2.2H2NO3.2O.U/c2*7-5(8)4-2-1-3-6-4;2*2-1(3)4;;;/h2*4,6H,1-3H2,(H,7,8);2*(H2,2,3,4);;;/q;;2*+1;;;/p+2. The molecule has 27 heavy (non-hydrogen) atoms. The van der Waals surface area contributed by atoms with E-state index in [1.807, 2.05) is 10.6 Å². The molecule has 2 aliphatic rings. The number of hydrogen-bond donors (Lipinski definition) is 8. The van der Waals surface area contributed by atoms with Gasteiger partial charge in [-0.1, -0.05) is 0 Å². The second-order valence-corrected chi connectivity index (χ2v) is 5.51. The molecule has 0 aromatic rings. The van der Waals surface area contributed by atoms with Crippen LogP contribution in [0.4, 0.5) is 0 Å². The Kier molecular flexibility index (Phi) is 22.2. The van der Waals surface area contributed by atoms with E-state index in [0.29, 0.717) is 0 Å². The number of aliphatic carboxylic acids is 2. The Morgan fingerprint density at radius 1 is 0.778 bits per heavy atom. The number of carbonyl (C=O) groups is 2. The van der Waals surface area contributed by atoms with Gasteiger partial charge in [-0.3, -0.25) is 0 Å². The zero-order valence-electron chi connectivity index (χ0n) is 14.1. The number of rotatable bonds is 2. The Hall–Kier alpha value is -2.09. The predicted octanol–water partition coefficient (Wildman–Crippen LogP) is -3.56. The first-order valence-electron chi connectivity index (χ1n) is 7.31. The summed E-state index contributed by atoms with van der Waals surface area (Å²) in [6.07, 6.45) is 3.79. The van der Waals surface area contributed by atoms with Gasteiger partial charge in [0, 0.05) is 25.7 Å². The van der Waals surface area contributed by atoms with Crippen LogP contribution in [0.1, 0.15) is 25.7 Å². The fourth-order valence-electron chi connectivity index (χ4n) is 2.00. The molecule has 0 aromatic carbocycles. The molecule has 0 aliphatic carbocycles. The van der Waals surface area contributed by atoms with Crippen molar-refractivity contribution in [2.45, 2.75) is 37.8 Å². The van der Waals surface area contributed by atoms with Gasteiger partial charge in [0.1, 0.15) is 9.81 Å². The summed E-state index contributed by atoms with van der Waals surface area (Å²) in [6, 6.07) is -0.287. The summed E-state index contributed by atoms with van der Waals surface area (Å²) in [4.78, 5) is 37.3. The summed E-state index contributed by atoms with van der Waals surface area (Å²) in [5, 5.41) is 45.6. The van der Waals surface area contributed by atoms with Gasteiger partial charge in [-0.05, 0) is 0 Å². The van der Waals surface area contributed by atoms with Crippen LogP contribution in [0, 0.1) is 37.6 Å². The Balaban J connectivity index is -0.000000285. The van der Waals surface area contributed by atoms with Crippen LogP contribution in [0.3, 0.4) is 0 Å². The number of carboxylic acids is 2. The van der Waals surface area contributed by atoms with Crippen molar-refractivity contribution in [2.75, 3.05) is 13.1 Å². The third-order valence-electron chi connectivity index (χ3n) is 2.98. The summed E-state index contributed by atoms with van der Waals surface area (Å²) in [7, 11) is 0. The van der Waals surface area contributed by atoms with E-state index in [2.05, 4.69) is 0 Å². The second-order valence-electron chi connectivity index (χ2n) is 4.81. The molecule has 0 saturated carbocycles. The molecule has 2 atom stereocenters. The minimum absolute atomic E-state index is 0.144. The van der Waals surface area contributed by atoms with Gasteiger partial charge in [0.25, 0.3) is 0 Å². The van der Waals surface area contributed by atoms with Crippen LogP contribution in [0.2, 0.25) is 0 Å². The van der Waals surface area contributed by atoms with Gasteiger partial charge >= 0.3 is 54.4 Å². The average Bonchev–Trinajstić information content (AvgIpc) is 3.22. The molecule has 156 valence electrons. The van der Waals surface area contributed by atoms with Gasteiger partial charge in [-0.2, -0.15) is 0 Å². The van der Waals surface area contributed by atoms with Crippen LogP contribution in [0.25, 0.3) is 0 Å². The van der Waals surface area contributed by atoms with E-state index in [9.17, 15) is 9.59 Å². The molecule has 10 N–H and O–H groups in total. The zero-order valence-corrected chi connectivity index (χ0v) is 18.2. The molecular weight excluding hydrogens is 606 g/mol. The molecule has 0 spiro atoms. The monoisotopic (exact) mass is 630 g/mol. The number of nitrogens with zero attached hydrogens (tertiary/aromatic N) is 2. The molecule has 2 unspecified atom stereocenters. The van der Waals surface area contributed by atoms with E-state index in [1.54, 1.807) is 0 Å². The van der Waals surface area contributed by atoms with Crippen LogP contribution in [-0.2, 0) is 14.1 Å². The van der Waals surface area contributed by atoms with Crippen molar-refractivity contribution >= 4 is 11.9 Å². The van der Waals surface area contributed by atoms with Crippen LogP contribution in [0.5, 0.6) is 0 Å². The van der Waals surface area contributed by atoms with Gasteiger partial charge in [-0.15, -0.1) is 0 Å². The summed E-state index contributed by atoms with van der Waals surface area (Å²) < 4.78 is 17.2. The van der Waals surface area contributed by atoms with Crippen LogP contribution in [0.15, 0.2) is 0 Å².